The second-order valence-electron chi connectivity index (χ2n) is 6.44. The minimum absolute atomic E-state index is 0.303. The van der Waals surface area contributed by atoms with Crippen molar-refractivity contribution in [1.29, 1.82) is 0 Å². The molecule has 3 aromatic rings. The van der Waals surface area contributed by atoms with Gasteiger partial charge in [-0.05, 0) is 35.9 Å². The number of fused-ring (bicyclic) bond motifs is 3. The van der Waals surface area contributed by atoms with Gasteiger partial charge in [-0.2, -0.15) is 13.2 Å². The van der Waals surface area contributed by atoms with Gasteiger partial charge in [0.15, 0.2) is 0 Å². The third kappa shape index (κ3) is 3.30. The Bertz CT molecular complexity index is 1050. The average molecular weight is 388 g/mol. The van der Waals surface area contributed by atoms with E-state index in [1.807, 2.05) is 0 Å². The summed E-state index contributed by atoms with van der Waals surface area (Å²) in [5.41, 5.74) is 4.56. The zero-order valence-electron chi connectivity index (χ0n) is 14.5. The van der Waals surface area contributed by atoms with Gasteiger partial charge >= 0.3 is 6.18 Å². The highest BCUT2D eigenvalue weighted by Gasteiger charge is 2.31. The van der Waals surface area contributed by atoms with E-state index in [0.29, 0.717) is 29.8 Å². The number of benzene rings is 1. The Morgan fingerprint density at radius 2 is 2.04 bits per heavy atom. The van der Waals surface area contributed by atoms with Crippen molar-refractivity contribution in [3.63, 3.8) is 0 Å². The Hall–Kier alpha value is -3.04. The van der Waals surface area contributed by atoms with Gasteiger partial charge in [0.1, 0.15) is 0 Å². The van der Waals surface area contributed by atoms with E-state index in [2.05, 4.69) is 15.4 Å². The summed E-state index contributed by atoms with van der Waals surface area (Å²) in [6.07, 6.45) is -2.00. The van der Waals surface area contributed by atoms with Crippen molar-refractivity contribution < 1.29 is 22.7 Å². The highest BCUT2D eigenvalue weighted by atomic mass is 19.4. The van der Waals surface area contributed by atoms with Crippen LogP contribution in [0.15, 0.2) is 42.7 Å². The molecule has 0 aliphatic carbocycles. The lowest BCUT2D eigenvalue weighted by atomic mass is 9.96. The van der Waals surface area contributed by atoms with E-state index in [4.69, 9.17) is 10.6 Å². The fourth-order valence-electron chi connectivity index (χ4n) is 3.31. The number of alkyl halides is 3. The van der Waals surface area contributed by atoms with Crippen molar-refractivity contribution >= 4 is 16.8 Å². The molecule has 0 fully saturated rings. The molecule has 1 amide bonds. The lowest BCUT2D eigenvalue weighted by molar-refractivity contribution is -0.137. The lowest BCUT2D eigenvalue weighted by Crippen LogP contribution is -2.29. The smallest absolute Gasteiger partial charge is 0.368 e. The number of nitrogen functional groups attached to an aromatic ring is 1. The topological polar surface area (TPSA) is 90.1 Å². The first-order valence-corrected chi connectivity index (χ1v) is 8.43. The van der Waals surface area contributed by atoms with Crippen LogP contribution in [0.2, 0.25) is 0 Å². The highest BCUT2D eigenvalue weighted by molar-refractivity contribution is 5.98. The number of ether oxygens (including phenoxy) is 1. The minimum Gasteiger partial charge on any atom is -0.368 e. The van der Waals surface area contributed by atoms with Gasteiger partial charge in [0, 0.05) is 41.0 Å². The summed E-state index contributed by atoms with van der Waals surface area (Å²) in [4.78, 5) is 20.2. The van der Waals surface area contributed by atoms with Gasteiger partial charge in [-0.15, -0.1) is 0 Å². The Morgan fingerprint density at radius 3 is 2.71 bits per heavy atom. The van der Waals surface area contributed by atoms with E-state index in [1.165, 1.54) is 6.07 Å². The molecular weight excluding hydrogens is 373 g/mol. The molecule has 28 heavy (non-hydrogen) atoms. The number of hydrogen-bond acceptors (Lipinski definition) is 5. The second-order valence-corrected chi connectivity index (χ2v) is 6.44. The SMILES string of the molecule is NNC(=O)c1ccc2ncc3c(c2c1)C(Cc1ccc(C(F)(F)F)cn1)OC3. The molecule has 9 heteroatoms. The molecule has 4 rings (SSSR count). The Kier molecular flexibility index (Phi) is 4.48. The van der Waals surface area contributed by atoms with E-state index >= 15 is 0 Å². The molecule has 1 aromatic carbocycles. The molecule has 2 aromatic heterocycles. The first-order valence-electron chi connectivity index (χ1n) is 8.43. The van der Waals surface area contributed by atoms with Crippen molar-refractivity contribution in [2.24, 2.45) is 5.84 Å². The van der Waals surface area contributed by atoms with Crippen LogP contribution in [0.4, 0.5) is 13.2 Å². The standard InChI is InChI=1S/C19H15F3N4O2/c20-19(21,22)12-2-3-13(24-8-12)6-16-17-11(9-28-16)7-25-15-4-1-10(5-14(15)17)18(27)26-23/h1-5,7-8,16H,6,9,23H2,(H,26,27). The maximum Gasteiger partial charge on any atom is 0.417 e. The van der Waals surface area contributed by atoms with E-state index in [9.17, 15) is 18.0 Å². The number of nitrogens with one attached hydrogen (secondary N) is 1. The highest BCUT2D eigenvalue weighted by Crippen LogP contribution is 2.38. The van der Waals surface area contributed by atoms with Gasteiger partial charge in [-0.1, -0.05) is 0 Å². The number of pyridine rings is 2. The van der Waals surface area contributed by atoms with Gasteiger partial charge in [0.25, 0.3) is 5.91 Å². The normalized spacial score (nSPS) is 16.2. The molecular formula is C19H15F3N4O2. The number of carbonyl (C=O) groups is 1. The number of amides is 1. The molecule has 0 spiro atoms. The van der Waals surface area contributed by atoms with Crippen molar-refractivity contribution in [2.45, 2.75) is 25.3 Å². The molecule has 1 aliphatic rings. The number of aromatic nitrogens is 2. The van der Waals surface area contributed by atoms with Crippen LogP contribution in [0.25, 0.3) is 10.9 Å². The number of rotatable bonds is 3. The quantitative estimate of drug-likeness (QED) is 0.409. The van der Waals surface area contributed by atoms with E-state index in [0.717, 1.165) is 28.8 Å². The molecule has 3 heterocycles. The van der Waals surface area contributed by atoms with Crippen LogP contribution in [-0.2, 0) is 23.9 Å². The van der Waals surface area contributed by atoms with Gasteiger partial charge in [-0.3, -0.25) is 20.2 Å². The van der Waals surface area contributed by atoms with Crippen molar-refractivity contribution in [2.75, 3.05) is 0 Å². The average Bonchev–Trinajstić information content (AvgIpc) is 3.10. The maximum absolute atomic E-state index is 12.7. The number of carbonyl (C=O) groups excluding carboxylic acids is 1. The molecule has 0 saturated carbocycles. The summed E-state index contributed by atoms with van der Waals surface area (Å²) < 4.78 is 44.0. The lowest BCUT2D eigenvalue weighted by Gasteiger charge is -2.14. The van der Waals surface area contributed by atoms with Crippen LogP contribution in [0.5, 0.6) is 0 Å². The first-order chi connectivity index (χ1) is 13.4. The maximum atomic E-state index is 12.7. The summed E-state index contributed by atoms with van der Waals surface area (Å²) in [6, 6.07) is 7.37. The van der Waals surface area contributed by atoms with E-state index < -0.39 is 23.8 Å². The molecule has 0 radical (unpaired) electrons. The van der Waals surface area contributed by atoms with Gasteiger partial charge in [0.2, 0.25) is 0 Å². The van der Waals surface area contributed by atoms with Crippen molar-refractivity contribution in [1.82, 2.24) is 15.4 Å². The van der Waals surface area contributed by atoms with Gasteiger partial charge in [-0.25, -0.2) is 5.84 Å². The Morgan fingerprint density at radius 1 is 1.21 bits per heavy atom. The monoisotopic (exact) mass is 388 g/mol. The third-order valence-corrected chi connectivity index (χ3v) is 4.69. The molecule has 6 nitrogen and oxygen atoms in total. The number of hydrazine groups is 1. The summed E-state index contributed by atoms with van der Waals surface area (Å²) in [6.45, 7) is 0.330. The number of halogens is 3. The molecule has 1 aliphatic heterocycles. The Balaban J connectivity index is 1.69. The summed E-state index contributed by atoms with van der Waals surface area (Å²) in [5, 5.41) is 0.744. The van der Waals surface area contributed by atoms with Crippen molar-refractivity contribution in [3.8, 4) is 0 Å². The minimum atomic E-state index is -4.43. The fourth-order valence-corrected chi connectivity index (χ4v) is 3.31. The van der Waals surface area contributed by atoms with Crippen LogP contribution in [0.1, 0.15) is 38.8 Å². The number of nitrogens with two attached hydrogens (primary N) is 1. The van der Waals surface area contributed by atoms with Gasteiger partial charge < -0.3 is 4.74 Å². The molecule has 1 atom stereocenters. The van der Waals surface area contributed by atoms with Crippen molar-refractivity contribution in [3.05, 3.63) is 70.7 Å². The molecule has 0 saturated heterocycles. The number of hydrogen-bond donors (Lipinski definition) is 2. The number of nitrogens with zero attached hydrogens (tertiary/aromatic N) is 2. The predicted octanol–water partition coefficient (Wildman–Crippen LogP) is 3.07. The van der Waals surface area contributed by atoms with Crippen LogP contribution in [0, 0.1) is 0 Å². The summed E-state index contributed by atoms with van der Waals surface area (Å²) >= 11 is 0. The fraction of sp³-hybridized carbons (Fsp3) is 0.211. The largest absolute Gasteiger partial charge is 0.417 e. The predicted molar refractivity (Wildman–Crippen MR) is 93.9 cm³/mol. The van der Waals surface area contributed by atoms with Gasteiger partial charge in [0.05, 0.1) is 23.8 Å². The summed E-state index contributed by atoms with van der Waals surface area (Å²) in [7, 11) is 0. The molecule has 1 unspecified atom stereocenters. The van der Waals surface area contributed by atoms with Crippen LogP contribution in [0.3, 0.4) is 0 Å². The van der Waals surface area contributed by atoms with Crippen LogP contribution < -0.4 is 11.3 Å². The molecule has 0 bridgehead atoms. The van der Waals surface area contributed by atoms with E-state index in [-0.39, 0.29) is 0 Å². The van der Waals surface area contributed by atoms with Crippen LogP contribution in [-0.4, -0.2) is 15.9 Å². The summed E-state index contributed by atoms with van der Waals surface area (Å²) in [5.74, 6) is 4.77. The molecule has 3 N–H and O–H groups in total. The second kappa shape index (κ2) is 6.84. The van der Waals surface area contributed by atoms with Crippen LogP contribution >= 0.6 is 0 Å². The first kappa shape index (κ1) is 18.3. The van der Waals surface area contributed by atoms with E-state index in [1.54, 1.807) is 24.4 Å². The Labute approximate surface area is 157 Å². The zero-order chi connectivity index (χ0) is 19.9. The molecule has 144 valence electrons. The zero-order valence-corrected chi connectivity index (χ0v) is 14.5. The third-order valence-electron chi connectivity index (χ3n) is 4.69.